The molecule has 1 aliphatic rings. The molecule has 1 aliphatic heterocycles. The molecule has 1 aromatic heterocycles. The number of benzene rings is 1. The third-order valence-corrected chi connectivity index (χ3v) is 4.67. The first-order valence-electron chi connectivity index (χ1n) is 6.25. The van der Waals surface area contributed by atoms with Crippen LogP contribution in [0.25, 0.3) is 17.0 Å². The number of hydrogen-bond acceptors (Lipinski definition) is 5. The summed E-state index contributed by atoms with van der Waals surface area (Å²) in [4.78, 5) is 18.6. The highest BCUT2D eigenvalue weighted by Gasteiger charge is 2.28. The topological polar surface area (TPSA) is 42.4 Å². The number of amides is 1. The van der Waals surface area contributed by atoms with E-state index in [0.717, 1.165) is 22.3 Å². The normalized spacial score (nSPS) is 17.0. The van der Waals surface area contributed by atoms with Crippen molar-refractivity contribution in [1.29, 1.82) is 0 Å². The van der Waals surface area contributed by atoms with Gasteiger partial charge in [0.25, 0.3) is 5.91 Å². The second-order valence-corrected chi connectivity index (χ2v) is 6.21. The maximum absolute atomic E-state index is 12.0. The molecule has 6 heteroatoms. The summed E-state index contributed by atoms with van der Waals surface area (Å²) >= 11 is 6.41. The van der Waals surface area contributed by atoms with Crippen LogP contribution >= 0.6 is 24.0 Å². The number of ether oxygens (including phenoxy) is 1. The van der Waals surface area contributed by atoms with E-state index in [1.54, 1.807) is 20.2 Å². The van der Waals surface area contributed by atoms with Gasteiger partial charge in [-0.15, -0.1) is 0 Å². The zero-order valence-electron chi connectivity index (χ0n) is 11.5. The number of carbonyl (C=O) groups excluding carboxylic acids is 1. The Balaban J connectivity index is 1.99. The average Bonchev–Trinajstić information content (AvgIpc) is 2.74. The van der Waals surface area contributed by atoms with E-state index in [1.807, 2.05) is 30.3 Å². The molecule has 0 spiro atoms. The first-order chi connectivity index (χ1) is 10.1. The lowest BCUT2D eigenvalue weighted by atomic mass is 10.2. The number of thioether (sulfide) groups is 1. The van der Waals surface area contributed by atoms with Crippen molar-refractivity contribution in [1.82, 2.24) is 9.88 Å². The minimum Gasteiger partial charge on any atom is -0.497 e. The van der Waals surface area contributed by atoms with Gasteiger partial charge in [-0.3, -0.25) is 9.69 Å². The Kier molecular flexibility index (Phi) is 3.65. The Hall–Kier alpha value is -1.92. The summed E-state index contributed by atoms with van der Waals surface area (Å²) in [5.41, 5.74) is 1.60. The van der Waals surface area contributed by atoms with Gasteiger partial charge < -0.3 is 4.74 Å². The van der Waals surface area contributed by atoms with Crippen LogP contribution in [-0.2, 0) is 4.79 Å². The lowest BCUT2D eigenvalue weighted by Gasteiger charge is -2.04. The van der Waals surface area contributed by atoms with E-state index in [1.165, 1.54) is 16.7 Å². The fraction of sp³-hybridized carbons (Fsp3) is 0.133. The van der Waals surface area contributed by atoms with Gasteiger partial charge in [0.1, 0.15) is 10.1 Å². The summed E-state index contributed by atoms with van der Waals surface area (Å²) in [7, 11) is 3.31. The van der Waals surface area contributed by atoms with Crippen LogP contribution in [0.4, 0.5) is 0 Å². The zero-order chi connectivity index (χ0) is 15.0. The molecule has 0 bridgehead atoms. The summed E-state index contributed by atoms with van der Waals surface area (Å²) in [5, 5.41) is 0.995. The highest BCUT2D eigenvalue weighted by Crippen LogP contribution is 2.31. The van der Waals surface area contributed by atoms with Crippen molar-refractivity contribution in [3.8, 4) is 5.75 Å². The number of nitrogens with zero attached hydrogens (tertiary/aromatic N) is 2. The van der Waals surface area contributed by atoms with Crippen LogP contribution in [0.3, 0.4) is 0 Å². The molecule has 0 atom stereocenters. The van der Waals surface area contributed by atoms with Crippen LogP contribution in [0, 0.1) is 0 Å². The van der Waals surface area contributed by atoms with Gasteiger partial charge in [-0.1, -0.05) is 30.0 Å². The maximum Gasteiger partial charge on any atom is 0.265 e. The Morgan fingerprint density at radius 2 is 2.14 bits per heavy atom. The molecular formula is C15H12N2O2S2. The summed E-state index contributed by atoms with van der Waals surface area (Å²) in [6.45, 7) is 0. The van der Waals surface area contributed by atoms with E-state index in [-0.39, 0.29) is 5.91 Å². The van der Waals surface area contributed by atoms with Gasteiger partial charge in [-0.05, 0) is 30.3 Å². The number of aromatic nitrogens is 1. The Labute approximate surface area is 131 Å². The molecule has 4 nitrogen and oxygen atoms in total. The van der Waals surface area contributed by atoms with Crippen LogP contribution < -0.4 is 4.74 Å². The van der Waals surface area contributed by atoms with E-state index >= 15 is 0 Å². The molecule has 2 heterocycles. The molecule has 0 saturated carbocycles. The lowest BCUT2D eigenvalue weighted by Crippen LogP contribution is -2.22. The number of thiocarbonyl (C=S) groups is 1. The number of pyridine rings is 1. The van der Waals surface area contributed by atoms with Gasteiger partial charge in [-0.2, -0.15) is 0 Å². The average molecular weight is 316 g/mol. The van der Waals surface area contributed by atoms with Crippen LogP contribution in [-0.4, -0.2) is 34.3 Å². The number of carbonyl (C=O) groups is 1. The van der Waals surface area contributed by atoms with Crippen molar-refractivity contribution in [2.24, 2.45) is 0 Å². The Bertz CT molecular complexity index is 786. The fourth-order valence-electron chi connectivity index (χ4n) is 2.01. The second kappa shape index (κ2) is 5.46. The summed E-state index contributed by atoms with van der Waals surface area (Å²) in [5.74, 6) is 0.713. The van der Waals surface area contributed by atoms with Crippen molar-refractivity contribution >= 4 is 51.2 Å². The molecule has 0 unspecified atom stereocenters. The SMILES string of the molecule is COc1ccc2nc(/C=C3/SC(=S)N(C)C3=O)ccc2c1. The zero-order valence-corrected chi connectivity index (χ0v) is 13.1. The van der Waals surface area contributed by atoms with E-state index in [2.05, 4.69) is 4.98 Å². The van der Waals surface area contributed by atoms with Crippen LogP contribution in [0.2, 0.25) is 0 Å². The van der Waals surface area contributed by atoms with Gasteiger partial charge in [0, 0.05) is 12.4 Å². The maximum atomic E-state index is 12.0. The quantitative estimate of drug-likeness (QED) is 0.629. The molecule has 0 aliphatic carbocycles. The molecule has 0 radical (unpaired) electrons. The first kappa shape index (κ1) is 14.0. The Morgan fingerprint density at radius 3 is 2.81 bits per heavy atom. The van der Waals surface area contributed by atoms with Gasteiger partial charge >= 0.3 is 0 Å². The van der Waals surface area contributed by atoms with E-state index < -0.39 is 0 Å². The van der Waals surface area contributed by atoms with E-state index in [9.17, 15) is 4.79 Å². The monoisotopic (exact) mass is 316 g/mol. The predicted octanol–water partition coefficient (Wildman–Crippen LogP) is 3.07. The molecule has 2 aromatic rings. The second-order valence-electron chi connectivity index (χ2n) is 4.54. The minimum atomic E-state index is -0.0818. The van der Waals surface area contributed by atoms with Crippen LogP contribution in [0.15, 0.2) is 35.2 Å². The number of hydrogen-bond donors (Lipinski definition) is 0. The van der Waals surface area contributed by atoms with Crippen molar-refractivity contribution < 1.29 is 9.53 Å². The van der Waals surface area contributed by atoms with Gasteiger partial charge in [0.15, 0.2) is 0 Å². The Morgan fingerprint density at radius 1 is 1.33 bits per heavy atom. The first-order valence-corrected chi connectivity index (χ1v) is 7.47. The molecule has 1 saturated heterocycles. The summed E-state index contributed by atoms with van der Waals surface area (Å²) in [6, 6.07) is 9.53. The fourth-order valence-corrected chi connectivity index (χ4v) is 3.17. The van der Waals surface area contributed by atoms with Gasteiger partial charge in [0.05, 0.1) is 23.2 Å². The highest BCUT2D eigenvalue weighted by molar-refractivity contribution is 8.26. The highest BCUT2D eigenvalue weighted by atomic mass is 32.2. The van der Waals surface area contributed by atoms with Crippen LogP contribution in [0.1, 0.15) is 5.69 Å². The predicted molar refractivity (Wildman–Crippen MR) is 89.2 cm³/mol. The molecule has 21 heavy (non-hydrogen) atoms. The van der Waals surface area contributed by atoms with Crippen molar-refractivity contribution in [3.05, 3.63) is 40.9 Å². The summed E-state index contributed by atoms with van der Waals surface area (Å²) in [6.07, 6.45) is 1.77. The number of fused-ring (bicyclic) bond motifs is 1. The molecule has 106 valence electrons. The lowest BCUT2D eigenvalue weighted by molar-refractivity contribution is -0.121. The van der Waals surface area contributed by atoms with E-state index in [0.29, 0.717) is 9.23 Å². The van der Waals surface area contributed by atoms with E-state index in [4.69, 9.17) is 17.0 Å². The number of methoxy groups -OCH3 is 1. The third kappa shape index (κ3) is 2.64. The smallest absolute Gasteiger partial charge is 0.265 e. The number of likely N-dealkylation sites (N-methyl/N-ethyl adjacent to an activating group) is 1. The molecule has 1 fully saturated rings. The number of rotatable bonds is 2. The van der Waals surface area contributed by atoms with Crippen molar-refractivity contribution in [2.45, 2.75) is 0 Å². The molecule has 1 aromatic carbocycles. The van der Waals surface area contributed by atoms with Gasteiger partial charge in [-0.25, -0.2) is 4.98 Å². The third-order valence-electron chi connectivity index (χ3n) is 3.18. The summed E-state index contributed by atoms with van der Waals surface area (Å²) < 4.78 is 5.76. The van der Waals surface area contributed by atoms with Gasteiger partial charge in [0.2, 0.25) is 0 Å². The van der Waals surface area contributed by atoms with Crippen molar-refractivity contribution in [2.75, 3.05) is 14.2 Å². The standard InChI is InChI=1S/C15H12N2O2S2/c1-17-14(18)13(21-15(17)20)8-10-4-3-9-7-11(19-2)5-6-12(9)16-10/h3-8H,1-2H3/b13-8+. The van der Waals surface area contributed by atoms with Crippen molar-refractivity contribution in [3.63, 3.8) is 0 Å². The minimum absolute atomic E-state index is 0.0818. The largest absolute Gasteiger partial charge is 0.497 e. The van der Waals surface area contributed by atoms with Crippen LogP contribution in [0.5, 0.6) is 5.75 Å². The molecule has 0 N–H and O–H groups in total. The molecule has 3 rings (SSSR count). The molecule has 1 amide bonds. The molecular weight excluding hydrogens is 304 g/mol.